The predicted molar refractivity (Wildman–Crippen MR) is 132 cm³/mol. The minimum atomic E-state index is -3.72. The molecule has 34 heavy (non-hydrogen) atoms. The summed E-state index contributed by atoms with van der Waals surface area (Å²) < 4.78 is 29.1. The van der Waals surface area contributed by atoms with Crippen LogP contribution in [0, 0.1) is 24.7 Å². The van der Waals surface area contributed by atoms with Crippen LogP contribution >= 0.6 is 0 Å². The fourth-order valence-electron chi connectivity index (χ4n) is 5.44. The van der Waals surface area contributed by atoms with Crippen molar-refractivity contribution in [1.82, 2.24) is 9.37 Å². The first-order valence-electron chi connectivity index (χ1n) is 12.1. The van der Waals surface area contributed by atoms with Gasteiger partial charge in [0.1, 0.15) is 0 Å². The second kappa shape index (κ2) is 9.10. The lowest BCUT2D eigenvalue weighted by molar-refractivity contribution is -0.213. The van der Waals surface area contributed by atoms with Crippen LogP contribution in [0.5, 0.6) is 0 Å². The molecule has 2 fully saturated rings. The normalized spacial score (nSPS) is 25.5. The molecule has 2 aromatic rings. The van der Waals surface area contributed by atoms with Gasteiger partial charge in [-0.1, -0.05) is 68.8 Å². The summed E-state index contributed by atoms with van der Waals surface area (Å²) in [4.78, 5) is 20.2. The Hall–Kier alpha value is -2.22. The molecule has 0 aromatic heterocycles. The molecule has 0 saturated carbocycles. The van der Waals surface area contributed by atoms with Crippen molar-refractivity contribution < 1.29 is 18.0 Å². The molecule has 2 aromatic carbocycles. The first-order chi connectivity index (χ1) is 15.9. The number of aryl methyl sites for hydroxylation is 1. The number of carbonyl (C=O) groups excluding carboxylic acids is 1. The van der Waals surface area contributed by atoms with E-state index in [-0.39, 0.29) is 40.6 Å². The third kappa shape index (κ3) is 4.41. The number of nitrogens with zero attached hydrogens (tertiary/aromatic N) is 2. The average molecular weight is 485 g/mol. The zero-order valence-electron chi connectivity index (χ0n) is 20.9. The molecule has 0 spiro atoms. The van der Waals surface area contributed by atoms with E-state index in [2.05, 4.69) is 0 Å². The number of benzene rings is 2. The smallest absolute Gasteiger partial charge is 0.249 e. The van der Waals surface area contributed by atoms with E-state index in [1.54, 1.807) is 16.4 Å². The van der Waals surface area contributed by atoms with Gasteiger partial charge in [-0.05, 0) is 50.8 Å². The summed E-state index contributed by atoms with van der Waals surface area (Å²) in [5.74, 6) is -0.488. The van der Waals surface area contributed by atoms with E-state index in [0.717, 1.165) is 11.1 Å². The monoisotopic (exact) mass is 484 g/mol. The molecule has 0 aliphatic carbocycles. The lowest BCUT2D eigenvalue weighted by atomic mass is 9.83. The molecule has 1 amide bonds. The van der Waals surface area contributed by atoms with Crippen LogP contribution in [0.4, 0.5) is 0 Å². The minimum absolute atomic E-state index is 0.00690. The lowest BCUT2D eigenvalue weighted by Crippen LogP contribution is -2.51. The first-order valence-corrected chi connectivity index (χ1v) is 13.5. The third-order valence-corrected chi connectivity index (χ3v) is 9.18. The third-order valence-electron chi connectivity index (χ3n) is 7.30. The molecule has 0 radical (unpaired) electrons. The highest BCUT2D eigenvalue weighted by Gasteiger charge is 2.62. The summed E-state index contributed by atoms with van der Waals surface area (Å²) in [7, 11) is -3.72. The highest BCUT2D eigenvalue weighted by molar-refractivity contribution is 7.89. The van der Waals surface area contributed by atoms with Crippen LogP contribution in [0.15, 0.2) is 59.5 Å². The molecule has 4 rings (SSSR count). The van der Waals surface area contributed by atoms with E-state index in [0.29, 0.717) is 13.0 Å². The maximum absolute atomic E-state index is 13.7. The number of amides is 1. The van der Waals surface area contributed by atoms with Crippen LogP contribution in [0.3, 0.4) is 0 Å². The lowest BCUT2D eigenvalue weighted by Gasteiger charge is -2.35. The van der Waals surface area contributed by atoms with Crippen LogP contribution in [0.25, 0.3) is 0 Å². The van der Waals surface area contributed by atoms with Gasteiger partial charge in [0.05, 0.1) is 22.6 Å². The van der Waals surface area contributed by atoms with Crippen molar-refractivity contribution in [2.75, 3.05) is 6.54 Å². The van der Waals surface area contributed by atoms with Crippen molar-refractivity contribution in [3.8, 4) is 0 Å². The van der Waals surface area contributed by atoms with E-state index in [4.69, 9.17) is 4.84 Å². The van der Waals surface area contributed by atoms with Gasteiger partial charge in [-0.15, -0.1) is 0 Å². The minimum Gasteiger partial charge on any atom is -0.272 e. The molecule has 2 saturated heterocycles. The molecule has 0 N–H and O–H groups in total. The summed E-state index contributed by atoms with van der Waals surface area (Å²) in [6.45, 7) is 12.1. The molecule has 0 unspecified atom stereocenters. The Kier molecular flexibility index (Phi) is 6.66. The number of fused-ring (bicyclic) bond motifs is 1. The van der Waals surface area contributed by atoms with Crippen LogP contribution in [0.1, 0.15) is 45.7 Å². The molecule has 0 bridgehead atoms. The zero-order chi connectivity index (χ0) is 24.8. The Labute approximate surface area is 203 Å². The van der Waals surface area contributed by atoms with E-state index in [1.165, 1.54) is 5.06 Å². The van der Waals surface area contributed by atoms with E-state index >= 15 is 0 Å². The molecule has 6 nitrogen and oxygen atoms in total. The quantitative estimate of drug-likeness (QED) is 0.608. The largest absolute Gasteiger partial charge is 0.272 e. The van der Waals surface area contributed by atoms with Crippen molar-refractivity contribution in [1.29, 1.82) is 0 Å². The summed E-state index contributed by atoms with van der Waals surface area (Å²) in [5, 5.41) is 1.52. The fraction of sp³-hybridized carbons (Fsp3) is 0.519. The summed E-state index contributed by atoms with van der Waals surface area (Å²) in [6, 6.07) is 16.2. The van der Waals surface area contributed by atoms with Gasteiger partial charge in [0.15, 0.2) is 0 Å². The maximum Gasteiger partial charge on any atom is 0.249 e. The Bertz CT molecular complexity index is 1130. The molecule has 184 valence electrons. The topological polar surface area (TPSA) is 66.9 Å². The fourth-order valence-corrected chi connectivity index (χ4v) is 7.24. The van der Waals surface area contributed by atoms with Crippen LogP contribution in [-0.2, 0) is 26.1 Å². The highest BCUT2D eigenvalue weighted by atomic mass is 32.2. The number of hydrogen-bond donors (Lipinski definition) is 0. The van der Waals surface area contributed by atoms with Crippen LogP contribution in [0.2, 0.25) is 0 Å². The van der Waals surface area contributed by atoms with Crippen molar-refractivity contribution >= 4 is 15.9 Å². The van der Waals surface area contributed by atoms with Gasteiger partial charge >= 0.3 is 0 Å². The van der Waals surface area contributed by atoms with Crippen molar-refractivity contribution in [3.63, 3.8) is 0 Å². The van der Waals surface area contributed by atoms with Crippen molar-refractivity contribution in [2.24, 2.45) is 17.8 Å². The van der Waals surface area contributed by atoms with Crippen molar-refractivity contribution in [3.05, 3.63) is 65.7 Å². The van der Waals surface area contributed by atoms with Crippen LogP contribution < -0.4 is 0 Å². The van der Waals surface area contributed by atoms with Gasteiger partial charge in [0, 0.05) is 18.4 Å². The molecular formula is C27H36N2O4S. The Morgan fingerprint density at radius 1 is 1.06 bits per heavy atom. The first kappa shape index (κ1) is 24.9. The number of hydrogen-bond acceptors (Lipinski definition) is 4. The SMILES string of the molecule is Cc1ccc(S(=O)(=O)N2C[C@@H]3[C@H]([C@@H]2C(C)C)N(C(=O)[C@H](C)Cc2ccccc2)OC3(C)C)cc1. The van der Waals surface area contributed by atoms with Gasteiger partial charge < -0.3 is 0 Å². The summed E-state index contributed by atoms with van der Waals surface area (Å²) >= 11 is 0. The predicted octanol–water partition coefficient (Wildman–Crippen LogP) is 4.44. The average Bonchev–Trinajstić information content (AvgIpc) is 3.31. The molecular weight excluding hydrogens is 448 g/mol. The Balaban J connectivity index is 1.66. The Morgan fingerprint density at radius 3 is 2.26 bits per heavy atom. The molecule has 7 heteroatoms. The van der Waals surface area contributed by atoms with Gasteiger partial charge in [-0.25, -0.2) is 13.5 Å². The second-order valence-electron chi connectivity index (χ2n) is 10.7. The second-order valence-corrected chi connectivity index (χ2v) is 12.6. The van der Waals surface area contributed by atoms with E-state index in [9.17, 15) is 13.2 Å². The standard InChI is InChI=1S/C27H36N2O4S/c1-18(2)24-25-23(17-28(24)34(31,32)22-14-12-19(3)13-15-22)27(5,6)33-29(25)26(30)20(4)16-21-10-8-7-9-11-21/h7-15,18,20,23-25H,16-17H2,1-6H3/t20-,23-,24+,25-/m1/s1. The molecule has 2 heterocycles. The van der Waals surface area contributed by atoms with Crippen molar-refractivity contribution in [2.45, 2.75) is 70.5 Å². The zero-order valence-corrected chi connectivity index (χ0v) is 21.7. The van der Waals surface area contributed by atoms with Gasteiger partial charge in [-0.2, -0.15) is 4.31 Å². The van der Waals surface area contributed by atoms with Gasteiger partial charge in [0.25, 0.3) is 0 Å². The number of sulfonamides is 1. The summed E-state index contributed by atoms with van der Waals surface area (Å²) in [5.41, 5.74) is 1.45. The van der Waals surface area contributed by atoms with Gasteiger partial charge in [0.2, 0.25) is 15.9 Å². The Morgan fingerprint density at radius 2 is 1.68 bits per heavy atom. The number of carbonyl (C=O) groups is 1. The van der Waals surface area contributed by atoms with E-state index < -0.39 is 15.6 Å². The maximum atomic E-state index is 13.7. The highest BCUT2D eigenvalue weighted by Crippen LogP contribution is 2.48. The number of hydroxylamine groups is 2. The molecule has 4 atom stereocenters. The summed E-state index contributed by atoms with van der Waals surface area (Å²) in [6.07, 6.45) is 0.606. The van der Waals surface area contributed by atoms with Gasteiger partial charge in [-0.3, -0.25) is 9.63 Å². The molecule has 2 aliphatic rings. The van der Waals surface area contributed by atoms with E-state index in [1.807, 2.05) is 84.0 Å². The van der Waals surface area contributed by atoms with Crippen LogP contribution in [-0.4, -0.2) is 47.9 Å². The molecule has 2 aliphatic heterocycles. The number of rotatable bonds is 6.